The molecule has 0 spiro atoms. The number of nitrogens with one attached hydrogen (secondary N) is 2. The third-order valence-corrected chi connectivity index (χ3v) is 4.76. The Labute approximate surface area is 133 Å². The molecule has 0 bridgehead atoms. The molecule has 8 heteroatoms. The van der Waals surface area contributed by atoms with Crippen molar-refractivity contribution in [2.45, 2.75) is 11.8 Å². The number of halogens is 2. The average Bonchev–Trinajstić information content (AvgIpc) is 2.43. The van der Waals surface area contributed by atoms with Gasteiger partial charge in [-0.05, 0) is 31.2 Å². The van der Waals surface area contributed by atoms with Gasteiger partial charge in [-0.25, -0.2) is 8.42 Å². The quantitative estimate of drug-likeness (QED) is 0.867. The Hall–Kier alpha value is -1.50. The van der Waals surface area contributed by atoms with E-state index in [1.165, 1.54) is 30.6 Å². The molecule has 1 aromatic heterocycles. The van der Waals surface area contributed by atoms with Gasteiger partial charge in [-0.3, -0.25) is 9.71 Å². The van der Waals surface area contributed by atoms with E-state index in [1.54, 1.807) is 6.07 Å². The zero-order chi connectivity index (χ0) is 15.5. The molecule has 0 unspecified atom stereocenters. The first kappa shape index (κ1) is 15.9. The van der Waals surface area contributed by atoms with E-state index in [4.69, 9.17) is 23.2 Å². The van der Waals surface area contributed by atoms with E-state index < -0.39 is 10.0 Å². The number of rotatable bonds is 5. The second kappa shape index (κ2) is 6.51. The Kier molecular flexibility index (Phi) is 4.92. The van der Waals surface area contributed by atoms with Gasteiger partial charge in [-0.2, -0.15) is 0 Å². The molecule has 2 N–H and O–H groups in total. The summed E-state index contributed by atoms with van der Waals surface area (Å²) >= 11 is 11.7. The van der Waals surface area contributed by atoms with Crippen molar-refractivity contribution in [3.63, 3.8) is 0 Å². The normalized spacial score (nSPS) is 11.2. The summed E-state index contributed by atoms with van der Waals surface area (Å²) in [4.78, 5) is 3.93. The predicted octanol–water partition coefficient (Wildman–Crippen LogP) is 3.62. The highest BCUT2D eigenvalue weighted by molar-refractivity contribution is 7.92. The van der Waals surface area contributed by atoms with E-state index in [2.05, 4.69) is 15.0 Å². The van der Waals surface area contributed by atoms with Gasteiger partial charge in [0.05, 0.1) is 21.4 Å². The highest BCUT2D eigenvalue weighted by Gasteiger charge is 2.19. The van der Waals surface area contributed by atoms with Crippen molar-refractivity contribution >= 4 is 44.6 Å². The van der Waals surface area contributed by atoms with Crippen molar-refractivity contribution in [2.24, 2.45) is 0 Å². The SMILES string of the molecule is CCNc1ccncc1S(=O)(=O)Nc1ccc(Cl)c(Cl)c1. The van der Waals surface area contributed by atoms with Crippen molar-refractivity contribution in [3.8, 4) is 0 Å². The third kappa shape index (κ3) is 3.78. The Morgan fingerprint density at radius 3 is 2.62 bits per heavy atom. The number of hydrogen-bond donors (Lipinski definition) is 2. The van der Waals surface area contributed by atoms with Crippen molar-refractivity contribution < 1.29 is 8.42 Å². The molecule has 2 aromatic rings. The minimum atomic E-state index is -3.77. The summed E-state index contributed by atoms with van der Waals surface area (Å²) in [6.07, 6.45) is 2.81. The summed E-state index contributed by atoms with van der Waals surface area (Å²) < 4.78 is 27.3. The maximum absolute atomic E-state index is 12.4. The van der Waals surface area contributed by atoms with Gasteiger partial charge in [0.25, 0.3) is 10.0 Å². The summed E-state index contributed by atoms with van der Waals surface area (Å²) in [7, 11) is -3.77. The lowest BCUT2D eigenvalue weighted by Crippen LogP contribution is -2.15. The number of benzene rings is 1. The minimum Gasteiger partial charge on any atom is -0.384 e. The Morgan fingerprint density at radius 1 is 1.19 bits per heavy atom. The maximum Gasteiger partial charge on any atom is 0.265 e. The molecule has 0 aliphatic heterocycles. The lowest BCUT2D eigenvalue weighted by Gasteiger charge is -2.12. The molecule has 0 saturated carbocycles. The molecule has 1 aromatic carbocycles. The fourth-order valence-corrected chi connectivity index (χ4v) is 3.18. The summed E-state index contributed by atoms with van der Waals surface area (Å²) in [6.45, 7) is 2.47. The second-order valence-electron chi connectivity index (χ2n) is 4.14. The van der Waals surface area contributed by atoms with Gasteiger partial charge >= 0.3 is 0 Å². The Bertz CT molecular complexity index is 751. The molecule has 0 saturated heterocycles. The largest absolute Gasteiger partial charge is 0.384 e. The van der Waals surface area contributed by atoms with Crippen LogP contribution in [-0.2, 0) is 10.0 Å². The van der Waals surface area contributed by atoms with E-state index in [-0.39, 0.29) is 9.92 Å². The van der Waals surface area contributed by atoms with E-state index >= 15 is 0 Å². The summed E-state index contributed by atoms with van der Waals surface area (Å²) in [5.41, 5.74) is 0.816. The molecule has 0 aliphatic rings. The highest BCUT2D eigenvalue weighted by atomic mass is 35.5. The molecule has 2 rings (SSSR count). The molecule has 0 atom stereocenters. The van der Waals surface area contributed by atoms with Crippen molar-refractivity contribution in [1.29, 1.82) is 0 Å². The number of sulfonamides is 1. The molecule has 112 valence electrons. The fraction of sp³-hybridized carbons (Fsp3) is 0.154. The third-order valence-electron chi connectivity index (χ3n) is 2.61. The van der Waals surface area contributed by atoms with E-state index in [0.29, 0.717) is 22.9 Å². The molecule has 0 aliphatic carbocycles. The van der Waals surface area contributed by atoms with Gasteiger partial charge in [-0.1, -0.05) is 23.2 Å². The fourth-order valence-electron chi connectivity index (χ4n) is 1.70. The Balaban J connectivity index is 2.36. The van der Waals surface area contributed by atoms with Gasteiger partial charge in [0.2, 0.25) is 0 Å². The number of anilines is 2. The number of hydrogen-bond acceptors (Lipinski definition) is 4. The molecule has 21 heavy (non-hydrogen) atoms. The van der Waals surface area contributed by atoms with Gasteiger partial charge in [0.15, 0.2) is 0 Å². The lowest BCUT2D eigenvalue weighted by molar-refractivity contribution is 0.601. The first-order chi connectivity index (χ1) is 9.94. The predicted molar refractivity (Wildman–Crippen MR) is 85.7 cm³/mol. The monoisotopic (exact) mass is 345 g/mol. The molecule has 0 fully saturated rings. The molecule has 1 heterocycles. The van der Waals surface area contributed by atoms with Crippen molar-refractivity contribution in [1.82, 2.24) is 4.98 Å². The van der Waals surface area contributed by atoms with Crippen LogP contribution in [0.1, 0.15) is 6.92 Å². The van der Waals surface area contributed by atoms with Crippen LogP contribution in [0.5, 0.6) is 0 Å². The lowest BCUT2D eigenvalue weighted by atomic mass is 10.3. The van der Waals surface area contributed by atoms with Gasteiger partial charge in [-0.15, -0.1) is 0 Å². The van der Waals surface area contributed by atoms with Crippen molar-refractivity contribution in [2.75, 3.05) is 16.6 Å². The second-order valence-corrected chi connectivity index (χ2v) is 6.60. The molecular weight excluding hydrogens is 333 g/mol. The van der Waals surface area contributed by atoms with E-state index in [1.807, 2.05) is 6.92 Å². The highest BCUT2D eigenvalue weighted by Crippen LogP contribution is 2.27. The van der Waals surface area contributed by atoms with Crippen LogP contribution >= 0.6 is 23.2 Å². The van der Waals surface area contributed by atoms with Crippen LogP contribution in [0.15, 0.2) is 41.6 Å². The van der Waals surface area contributed by atoms with Gasteiger partial charge < -0.3 is 5.32 Å². The van der Waals surface area contributed by atoms with Crippen LogP contribution in [0.3, 0.4) is 0 Å². The summed E-state index contributed by atoms with van der Waals surface area (Å²) in [6, 6.07) is 6.11. The zero-order valence-electron chi connectivity index (χ0n) is 11.1. The Morgan fingerprint density at radius 2 is 1.95 bits per heavy atom. The molecule has 0 amide bonds. The average molecular weight is 346 g/mol. The molecular formula is C13H13Cl2N3O2S. The first-order valence-electron chi connectivity index (χ1n) is 6.10. The number of aromatic nitrogens is 1. The van der Waals surface area contributed by atoms with Crippen LogP contribution in [0, 0.1) is 0 Å². The number of nitrogens with zero attached hydrogens (tertiary/aromatic N) is 1. The van der Waals surface area contributed by atoms with Gasteiger partial charge in [0, 0.05) is 18.9 Å². The molecule has 0 radical (unpaired) electrons. The van der Waals surface area contributed by atoms with Crippen LogP contribution in [-0.4, -0.2) is 19.9 Å². The van der Waals surface area contributed by atoms with E-state index in [9.17, 15) is 8.42 Å². The smallest absolute Gasteiger partial charge is 0.265 e. The van der Waals surface area contributed by atoms with Gasteiger partial charge in [0.1, 0.15) is 4.90 Å². The van der Waals surface area contributed by atoms with Crippen LogP contribution < -0.4 is 10.0 Å². The summed E-state index contributed by atoms with van der Waals surface area (Å²) in [5, 5.41) is 3.61. The van der Waals surface area contributed by atoms with Crippen LogP contribution in [0.25, 0.3) is 0 Å². The number of pyridine rings is 1. The van der Waals surface area contributed by atoms with Crippen molar-refractivity contribution in [3.05, 3.63) is 46.7 Å². The van der Waals surface area contributed by atoms with Crippen LogP contribution in [0.2, 0.25) is 10.0 Å². The summed E-state index contributed by atoms with van der Waals surface area (Å²) in [5.74, 6) is 0. The standard InChI is InChI=1S/C13H13Cl2N3O2S/c1-2-17-12-5-6-16-8-13(12)21(19,20)18-9-3-4-10(14)11(15)7-9/h3-8,18H,2H2,1H3,(H,16,17). The van der Waals surface area contributed by atoms with E-state index in [0.717, 1.165) is 0 Å². The topological polar surface area (TPSA) is 71.1 Å². The minimum absolute atomic E-state index is 0.0675. The molecule has 5 nitrogen and oxygen atoms in total. The van der Waals surface area contributed by atoms with Crippen LogP contribution in [0.4, 0.5) is 11.4 Å². The zero-order valence-corrected chi connectivity index (χ0v) is 13.4. The first-order valence-corrected chi connectivity index (χ1v) is 8.33. The maximum atomic E-state index is 12.4.